The number of nitrogens with zero attached hydrogens (tertiary/aromatic N) is 3. The summed E-state index contributed by atoms with van der Waals surface area (Å²) in [6.45, 7) is 3.04. The van der Waals surface area contributed by atoms with E-state index in [-0.39, 0.29) is 18.0 Å². The number of carbonyl (C=O) groups excluding carboxylic acids is 1. The van der Waals surface area contributed by atoms with Crippen molar-refractivity contribution in [2.75, 3.05) is 0 Å². The van der Waals surface area contributed by atoms with Gasteiger partial charge in [-0.15, -0.1) is 0 Å². The molecule has 148 valence electrons. The Bertz CT molecular complexity index is 1240. The molecule has 4 rings (SSSR count). The quantitative estimate of drug-likeness (QED) is 0.528. The van der Waals surface area contributed by atoms with E-state index < -0.39 is 0 Å². The summed E-state index contributed by atoms with van der Waals surface area (Å²) in [4.78, 5) is 25.5. The van der Waals surface area contributed by atoms with Crippen molar-refractivity contribution in [3.63, 3.8) is 0 Å². The smallest absolute Gasteiger partial charge is 0.291 e. The molecule has 6 nitrogen and oxygen atoms in total. The normalized spacial score (nSPS) is 11.2. The predicted molar refractivity (Wildman–Crippen MR) is 115 cm³/mol. The summed E-state index contributed by atoms with van der Waals surface area (Å²) in [7, 11) is 0. The maximum absolute atomic E-state index is 13.1. The summed E-state index contributed by atoms with van der Waals surface area (Å²) in [5.74, 6) is -0.271. The molecule has 2 aromatic carbocycles. The second-order valence-electron chi connectivity index (χ2n) is 6.94. The Balaban J connectivity index is 1.62. The van der Waals surface area contributed by atoms with Crippen LogP contribution >= 0.6 is 11.6 Å². The molecule has 4 aromatic rings. The van der Waals surface area contributed by atoms with Gasteiger partial charge in [0, 0.05) is 34.4 Å². The molecule has 0 bridgehead atoms. The molecule has 7 heteroatoms. The number of rotatable bonds is 6. The monoisotopic (exact) mass is 408 g/mol. The molecule has 0 saturated carbocycles. The summed E-state index contributed by atoms with van der Waals surface area (Å²) in [5.41, 5.74) is 2.28. The van der Waals surface area contributed by atoms with Crippen molar-refractivity contribution in [3.8, 4) is 0 Å². The van der Waals surface area contributed by atoms with Gasteiger partial charge >= 0.3 is 0 Å². The number of nitrogens with one attached hydrogen (secondary N) is 1. The SMILES string of the molecule is CCCn1c2ccccc2c2cnn(CC(=O)NCc3ccc(Cl)cc3)c(=O)c21. The Morgan fingerprint density at radius 1 is 1.10 bits per heavy atom. The number of hydrogen-bond acceptors (Lipinski definition) is 3. The van der Waals surface area contributed by atoms with E-state index >= 15 is 0 Å². The molecule has 0 unspecified atom stereocenters. The molecule has 0 fully saturated rings. The minimum atomic E-state index is -0.271. The van der Waals surface area contributed by atoms with Crippen molar-refractivity contribution >= 4 is 39.3 Å². The standard InChI is InChI=1S/C22H21ClN4O2/c1-2-11-26-19-6-4-3-5-17(19)18-13-25-27(22(29)21(18)26)14-20(28)24-12-15-7-9-16(23)10-8-15/h3-10,13H,2,11-12,14H2,1H3,(H,24,28). The van der Waals surface area contributed by atoms with E-state index in [1.54, 1.807) is 18.3 Å². The van der Waals surface area contributed by atoms with E-state index in [2.05, 4.69) is 17.3 Å². The van der Waals surface area contributed by atoms with Crippen LogP contribution in [0.4, 0.5) is 0 Å². The summed E-state index contributed by atoms with van der Waals surface area (Å²) in [6.07, 6.45) is 2.58. The van der Waals surface area contributed by atoms with Crippen molar-refractivity contribution in [1.82, 2.24) is 19.7 Å². The molecule has 0 aliphatic heterocycles. The van der Waals surface area contributed by atoms with Crippen LogP contribution in [0.25, 0.3) is 21.8 Å². The van der Waals surface area contributed by atoms with Crippen molar-refractivity contribution in [2.24, 2.45) is 0 Å². The Morgan fingerprint density at radius 3 is 2.62 bits per heavy atom. The molecule has 0 spiro atoms. The first-order chi connectivity index (χ1) is 14.1. The molecule has 2 aromatic heterocycles. The summed E-state index contributed by atoms with van der Waals surface area (Å²) in [5, 5.41) is 9.53. The molecule has 0 atom stereocenters. The van der Waals surface area contributed by atoms with E-state index in [1.165, 1.54) is 4.68 Å². The number of hydrogen-bond donors (Lipinski definition) is 1. The zero-order valence-corrected chi connectivity index (χ0v) is 16.8. The third-order valence-electron chi connectivity index (χ3n) is 4.92. The van der Waals surface area contributed by atoms with Gasteiger partial charge in [-0.05, 0) is 30.2 Å². The minimum Gasteiger partial charge on any atom is -0.350 e. The molecule has 0 radical (unpaired) electrons. The van der Waals surface area contributed by atoms with Gasteiger partial charge in [-0.2, -0.15) is 5.10 Å². The number of aryl methyl sites for hydroxylation is 1. The fourth-order valence-corrected chi connectivity index (χ4v) is 3.68. The number of aromatic nitrogens is 3. The van der Waals surface area contributed by atoms with Crippen LogP contribution < -0.4 is 10.9 Å². The van der Waals surface area contributed by atoms with Gasteiger partial charge in [-0.3, -0.25) is 9.59 Å². The van der Waals surface area contributed by atoms with Gasteiger partial charge in [-0.1, -0.05) is 48.9 Å². The lowest BCUT2D eigenvalue weighted by Crippen LogP contribution is -2.33. The first-order valence-corrected chi connectivity index (χ1v) is 9.94. The van der Waals surface area contributed by atoms with E-state index in [0.29, 0.717) is 17.1 Å². The lowest BCUT2D eigenvalue weighted by atomic mass is 10.2. The summed E-state index contributed by atoms with van der Waals surface area (Å²) < 4.78 is 3.25. The van der Waals surface area contributed by atoms with Crippen LogP contribution in [0.3, 0.4) is 0 Å². The first-order valence-electron chi connectivity index (χ1n) is 9.56. The summed E-state index contributed by atoms with van der Waals surface area (Å²) in [6, 6.07) is 15.2. The number of halogens is 1. The van der Waals surface area contributed by atoms with Crippen molar-refractivity contribution in [3.05, 3.63) is 75.7 Å². The van der Waals surface area contributed by atoms with Crippen LogP contribution in [0.1, 0.15) is 18.9 Å². The lowest BCUT2D eigenvalue weighted by Gasteiger charge is -2.08. The highest BCUT2D eigenvalue weighted by Gasteiger charge is 2.16. The Morgan fingerprint density at radius 2 is 1.86 bits per heavy atom. The number of fused-ring (bicyclic) bond motifs is 3. The van der Waals surface area contributed by atoms with Crippen LogP contribution in [0.5, 0.6) is 0 Å². The average molecular weight is 409 g/mol. The van der Waals surface area contributed by atoms with Crippen molar-refractivity contribution < 1.29 is 4.79 Å². The van der Waals surface area contributed by atoms with E-state index in [4.69, 9.17) is 11.6 Å². The zero-order valence-electron chi connectivity index (χ0n) is 16.1. The molecule has 2 heterocycles. The highest BCUT2D eigenvalue weighted by Crippen LogP contribution is 2.26. The largest absolute Gasteiger partial charge is 0.350 e. The van der Waals surface area contributed by atoms with Crippen LogP contribution in [0.2, 0.25) is 5.02 Å². The molecular formula is C22H21ClN4O2. The Hall–Kier alpha value is -3.12. The number of benzene rings is 2. The second kappa shape index (κ2) is 8.09. The fourth-order valence-electron chi connectivity index (χ4n) is 3.56. The van der Waals surface area contributed by atoms with E-state index in [1.807, 2.05) is 41.0 Å². The molecular weight excluding hydrogens is 388 g/mol. The molecule has 0 saturated heterocycles. The van der Waals surface area contributed by atoms with Gasteiger partial charge in [0.05, 0.1) is 6.20 Å². The third-order valence-corrected chi connectivity index (χ3v) is 5.17. The molecule has 1 N–H and O–H groups in total. The van der Waals surface area contributed by atoms with Gasteiger partial charge in [0.15, 0.2) is 0 Å². The van der Waals surface area contributed by atoms with E-state index in [9.17, 15) is 9.59 Å². The predicted octanol–water partition coefficient (Wildman–Crippen LogP) is 3.73. The average Bonchev–Trinajstić information content (AvgIpc) is 3.05. The number of para-hydroxylation sites is 1. The third kappa shape index (κ3) is 3.76. The molecule has 29 heavy (non-hydrogen) atoms. The topological polar surface area (TPSA) is 68.9 Å². The van der Waals surface area contributed by atoms with Crippen LogP contribution in [-0.4, -0.2) is 20.3 Å². The lowest BCUT2D eigenvalue weighted by molar-refractivity contribution is -0.122. The first kappa shape index (κ1) is 19.2. The Kier molecular flexibility index (Phi) is 5.36. The maximum Gasteiger partial charge on any atom is 0.291 e. The second-order valence-corrected chi connectivity index (χ2v) is 7.38. The highest BCUT2D eigenvalue weighted by molar-refractivity contribution is 6.30. The highest BCUT2D eigenvalue weighted by atomic mass is 35.5. The summed E-state index contributed by atoms with van der Waals surface area (Å²) >= 11 is 5.88. The van der Waals surface area contributed by atoms with Crippen LogP contribution in [-0.2, 0) is 24.4 Å². The van der Waals surface area contributed by atoms with E-state index in [0.717, 1.165) is 34.8 Å². The molecule has 0 aliphatic rings. The maximum atomic E-state index is 13.1. The fraction of sp³-hybridized carbons (Fsp3) is 0.227. The zero-order chi connectivity index (χ0) is 20.4. The molecule has 1 amide bonds. The van der Waals surface area contributed by atoms with Gasteiger partial charge in [-0.25, -0.2) is 4.68 Å². The molecule has 0 aliphatic carbocycles. The van der Waals surface area contributed by atoms with Crippen LogP contribution in [0, 0.1) is 0 Å². The van der Waals surface area contributed by atoms with Crippen molar-refractivity contribution in [1.29, 1.82) is 0 Å². The Labute approximate surface area is 172 Å². The number of carbonyl (C=O) groups is 1. The van der Waals surface area contributed by atoms with Crippen LogP contribution in [0.15, 0.2) is 59.5 Å². The van der Waals surface area contributed by atoms with Gasteiger partial charge in [0.1, 0.15) is 12.1 Å². The van der Waals surface area contributed by atoms with Crippen molar-refractivity contribution in [2.45, 2.75) is 33.0 Å². The minimum absolute atomic E-state index is 0.129. The van der Waals surface area contributed by atoms with Gasteiger partial charge < -0.3 is 9.88 Å². The number of amides is 1. The van der Waals surface area contributed by atoms with Gasteiger partial charge in [0.25, 0.3) is 5.56 Å². The van der Waals surface area contributed by atoms with Gasteiger partial charge in [0.2, 0.25) is 5.91 Å².